The van der Waals surface area contributed by atoms with Crippen LogP contribution in [0.15, 0.2) is 28.5 Å². The van der Waals surface area contributed by atoms with Gasteiger partial charge in [0, 0.05) is 16.0 Å². The molecule has 1 heterocycles. The summed E-state index contributed by atoms with van der Waals surface area (Å²) < 4.78 is 13.0. The van der Waals surface area contributed by atoms with Crippen LogP contribution in [0.25, 0.3) is 0 Å². The highest BCUT2D eigenvalue weighted by Gasteiger charge is 2.02. The Bertz CT molecular complexity index is 496. The molecule has 0 spiro atoms. The summed E-state index contributed by atoms with van der Waals surface area (Å²) in [6, 6.07) is 5.12. The highest BCUT2D eigenvalue weighted by molar-refractivity contribution is 7.98. The topological polar surface area (TPSA) is 38.9 Å². The molecule has 2 rings (SSSR count). The van der Waals surface area contributed by atoms with Gasteiger partial charge in [-0.2, -0.15) is 0 Å². The van der Waals surface area contributed by atoms with Gasteiger partial charge in [-0.3, -0.25) is 0 Å². The van der Waals surface area contributed by atoms with Gasteiger partial charge >= 0.3 is 0 Å². The lowest BCUT2D eigenvalue weighted by atomic mass is 10.2. The fourth-order valence-corrected chi connectivity index (χ4v) is 2.81. The molecular weight excluding hydrogens is 243 g/mol. The number of thiazole rings is 1. The van der Waals surface area contributed by atoms with Crippen molar-refractivity contribution in [3.05, 3.63) is 40.7 Å². The molecule has 16 heavy (non-hydrogen) atoms. The van der Waals surface area contributed by atoms with Crippen LogP contribution in [0.4, 0.5) is 9.52 Å². The molecule has 5 heteroatoms. The predicted molar refractivity (Wildman–Crippen MR) is 67.2 cm³/mol. The maximum Gasteiger partial charge on any atom is 0.180 e. The molecule has 0 saturated heterocycles. The van der Waals surface area contributed by atoms with Crippen molar-refractivity contribution in [3.63, 3.8) is 0 Å². The Morgan fingerprint density at radius 3 is 2.94 bits per heavy atom. The minimum absolute atomic E-state index is 0.165. The van der Waals surface area contributed by atoms with E-state index in [1.807, 2.05) is 11.4 Å². The maximum absolute atomic E-state index is 13.0. The van der Waals surface area contributed by atoms with Crippen molar-refractivity contribution in [2.75, 3.05) is 5.73 Å². The SMILES string of the molecule is Cc1cc(SCc2csc(N)n2)ccc1F. The monoisotopic (exact) mass is 254 g/mol. The zero-order valence-electron chi connectivity index (χ0n) is 8.74. The van der Waals surface area contributed by atoms with Crippen LogP contribution >= 0.6 is 23.1 Å². The van der Waals surface area contributed by atoms with Crippen LogP contribution in [-0.4, -0.2) is 4.98 Å². The van der Waals surface area contributed by atoms with Gasteiger partial charge in [0.05, 0.1) is 5.69 Å². The Morgan fingerprint density at radius 1 is 1.50 bits per heavy atom. The van der Waals surface area contributed by atoms with E-state index in [-0.39, 0.29) is 5.82 Å². The number of nitrogens with zero attached hydrogens (tertiary/aromatic N) is 1. The molecule has 0 unspecified atom stereocenters. The number of hydrogen-bond donors (Lipinski definition) is 1. The first kappa shape index (κ1) is 11.4. The number of thioether (sulfide) groups is 1. The molecule has 0 atom stereocenters. The maximum atomic E-state index is 13.0. The van der Waals surface area contributed by atoms with E-state index < -0.39 is 0 Å². The second-order valence-electron chi connectivity index (χ2n) is 3.38. The number of rotatable bonds is 3. The molecule has 84 valence electrons. The van der Waals surface area contributed by atoms with E-state index >= 15 is 0 Å². The average Bonchev–Trinajstić information content (AvgIpc) is 2.66. The minimum atomic E-state index is -0.165. The van der Waals surface area contributed by atoms with E-state index in [0.717, 1.165) is 16.3 Å². The first-order valence-corrected chi connectivity index (χ1v) is 6.60. The Balaban J connectivity index is 2.02. The van der Waals surface area contributed by atoms with Crippen molar-refractivity contribution in [3.8, 4) is 0 Å². The average molecular weight is 254 g/mol. The van der Waals surface area contributed by atoms with E-state index in [9.17, 15) is 4.39 Å². The highest BCUT2D eigenvalue weighted by atomic mass is 32.2. The molecule has 0 radical (unpaired) electrons. The van der Waals surface area contributed by atoms with Crippen molar-refractivity contribution >= 4 is 28.2 Å². The van der Waals surface area contributed by atoms with Crippen LogP contribution in [0.5, 0.6) is 0 Å². The van der Waals surface area contributed by atoms with E-state index in [0.29, 0.717) is 10.7 Å². The molecule has 0 saturated carbocycles. The number of anilines is 1. The summed E-state index contributed by atoms with van der Waals surface area (Å²) in [5, 5.41) is 2.53. The van der Waals surface area contributed by atoms with E-state index in [4.69, 9.17) is 5.73 Å². The summed E-state index contributed by atoms with van der Waals surface area (Å²) in [5.74, 6) is 0.598. The summed E-state index contributed by atoms with van der Waals surface area (Å²) in [6.45, 7) is 1.76. The lowest BCUT2D eigenvalue weighted by Crippen LogP contribution is -1.86. The fraction of sp³-hybridized carbons (Fsp3) is 0.182. The number of halogens is 1. The van der Waals surface area contributed by atoms with Gasteiger partial charge in [0.25, 0.3) is 0 Å². The van der Waals surface area contributed by atoms with Crippen molar-refractivity contribution in [1.29, 1.82) is 0 Å². The molecule has 2 nitrogen and oxygen atoms in total. The van der Waals surface area contributed by atoms with E-state index in [1.165, 1.54) is 17.4 Å². The number of aryl methyl sites for hydroxylation is 1. The van der Waals surface area contributed by atoms with Gasteiger partial charge in [-0.1, -0.05) is 0 Å². The van der Waals surface area contributed by atoms with Gasteiger partial charge in [0.2, 0.25) is 0 Å². The molecule has 0 amide bonds. The Hall–Kier alpha value is -1.07. The quantitative estimate of drug-likeness (QED) is 0.852. The molecular formula is C11H11FN2S2. The summed E-state index contributed by atoms with van der Waals surface area (Å²) >= 11 is 3.07. The first-order chi connectivity index (χ1) is 7.65. The predicted octanol–water partition coefficient (Wildman–Crippen LogP) is 3.47. The number of aromatic nitrogens is 1. The lowest BCUT2D eigenvalue weighted by molar-refractivity contribution is 0.617. The Kier molecular flexibility index (Phi) is 3.46. The molecule has 0 aliphatic rings. The van der Waals surface area contributed by atoms with Crippen LogP contribution in [-0.2, 0) is 5.75 Å². The van der Waals surface area contributed by atoms with Crippen molar-refractivity contribution in [2.45, 2.75) is 17.6 Å². The van der Waals surface area contributed by atoms with Crippen molar-refractivity contribution in [2.24, 2.45) is 0 Å². The molecule has 0 fully saturated rings. The largest absolute Gasteiger partial charge is 0.375 e. The van der Waals surface area contributed by atoms with Gasteiger partial charge in [-0.05, 0) is 30.7 Å². The smallest absolute Gasteiger partial charge is 0.180 e. The standard InChI is InChI=1S/C11H11FN2S2/c1-7-4-9(2-3-10(7)12)15-5-8-6-16-11(13)14-8/h2-4,6H,5H2,1H3,(H2,13,14). The van der Waals surface area contributed by atoms with Crippen molar-refractivity contribution < 1.29 is 4.39 Å². The molecule has 0 aliphatic carbocycles. The third kappa shape index (κ3) is 2.74. The fourth-order valence-electron chi connectivity index (χ4n) is 1.25. The van der Waals surface area contributed by atoms with Crippen molar-refractivity contribution in [1.82, 2.24) is 4.98 Å². The molecule has 2 N–H and O–H groups in total. The second-order valence-corrected chi connectivity index (χ2v) is 5.32. The van der Waals surface area contributed by atoms with Crippen LogP contribution in [0.1, 0.15) is 11.3 Å². The van der Waals surface area contributed by atoms with Gasteiger partial charge in [0.1, 0.15) is 5.82 Å². The second kappa shape index (κ2) is 4.84. The normalized spacial score (nSPS) is 10.6. The zero-order chi connectivity index (χ0) is 11.5. The Labute approximate surface area is 102 Å². The summed E-state index contributed by atoms with van der Waals surface area (Å²) in [4.78, 5) is 5.21. The van der Waals surface area contributed by atoms with Crippen LogP contribution in [0, 0.1) is 12.7 Å². The van der Waals surface area contributed by atoms with Gasteiger partial charge < -0.3 is 5.73 Å². The molecule has 1 aromatic carbocycles. The van der Waals surface area contributed by atoms with E-state index in [2.05, 4.69) is 4.98 Å². The highest BCUT2D eigenvalue weighted by Crippen LogP contribution is 2.25. The molecule has 1 aromatic heterocycles. The Morgan fingerprint density at radius 2 is 2.31 bits per heavy atom. The first-order valence-electron chi connectivity index (χ1n) is 4.74. The number of nitrogen functional groups attached to an aromatic ring is 1. The van der Waals surface area contributed by atoms with Gasteiger partial charge in [-0.25, -0.2) is 9.37 Å². The number of benzene rings is 1. The molecule has 0 aliphatic heterocycles. The summed E-state index contributed by atoms with van der Waals surface area (Å²) in [5.41, 5.74) is 7.18. The summed E-state index contributed by atoms with van der Waals surface area (Å²) in [6.07, 6.45) is 0. The zero-order valence-corrected chi connectivity index (χ0v) is 10.4. The third-order valence-corrected chi connectivity index (χ3v) is 3.84. The van der Waals surface area contributed by atoms with Crippen LogP contribution < -0.4 is 5.73 Å². The minimum Gasteiger partial charge on any atom is -0.375 e. The van der Waals surface area contributed by atoms with E-state index in [1.54, 1.807) is 24.8 Å². The van der Waals surface area contributed by atoms with Crippen LogP contribution in [0.2, 0.25) is 0 Å². The van der Waals surface area contributed by atoms with Gasteiger partial charge in [0.15, 0.2) is 5.13 Å². The number of hydrogen-bond acceptors (Lipinski definition) is 4. The molecule has 0 bridgehead atoms. The number of nitrogens with two attached hydrogens (primary N) is 1. The lowest BCUT2D eigenvalue weighted by Gasteiger charge is -2.01. The van der Waals surface area contributed by atoms with Gasteiger partial charge in [-0.15, -0.1) is 23.1 Å². The van der Waals surface area contributed by atoms with Crippen LogP contribution in [0.3, 0.4) is 0 Å². The third-order valence-electron chi connectivity index (χ3n) is 2.09. The molecule has 2 aromatic rings. The summed E-state index contributed by atoms with van der Waals surface area (Å²) in [7, 11) is 0.